The highest BCUT2D eigenvalue weighted by atomic mass is 31.2. The fraction of sp³-hybridized carbons (Fsp3) is 0.917. The Bertz CT molecular complexity index is 1170. The van der Waals surface area contributed by atoms with Crippen LogP contribution in [0.5, 0.6) is 0 Å². The number of amides is 1. The van der Waals surface area contributed by atoms with E-state index in [4.69, 9.17) is 9.05 Å². The molecule has 410 valence electrons. The average Bonchev–Trinajstić information content (AvgIpc) is 3.31. The molecule has 8 nitrogen and oxygen atoms in total. The minimum absolute atomic E-state index is 0.0762. The number of aliphatic hydroxyl groups excluding tert-OH is 1. The third kappa shape index (κ3) is 54.6. The first kappa shape index (κ1) is 68.0. The van der Waals surface area contributed by atoms with Crippen molar-refractivity contribution in [3.8, 4) is 0 Å². The molecule has 0 saturated heterocycles. The number of likely N-dealkylation sites (N-methyl/N-ethyl adjacent to an activating group) is 1. The van der Waals surface area contributed by atoms with Gasteiger partial charge in [-0.2, -0.15) is 0 Å². The summed E-state index contributed by atoms with van der Waals surface area (Å²) in [5.41, 5.74) is 0. The lowest BCUT2D eigenvalue weighted by molar-refractivity contribution is -0.870. The molecule has 0 aromatic rings. The summed E-state index contributed by atoms with van der Waals surface area (Å²) in [5.74, 6) is -0.141. The number of hydrogen-bond acceptors (Lipinski definition) is 5. The summed E-state index contributed by atoms with van der Waals surface area (Å²) in [6.45, 7) is 4.93. The smallest absolute Gasteiger partial charge is 0.391 e. The number of carbonyl (C=O) groups excluding carboxylic acids is 1. The molecule has 9 heteroatoms. The fourth-order valence-corrected chi connectivity index (χ4v) is 9.93. The Balaban J connectivity index is 4.09. The molecule has 0 aliphatic carbocycles. The highest BCUT2D eigenvalue weighted by molar-refractivity contribution is 7.47. The second kappa shape index (κ2) is 51.9. The van der Waals surface area contributed by atoms with E-state index >= 15 is 0 Å². The van der Waals surface area contributed by atoms with Gasteiger partial charge in [0.2, 0.25) is 5.91 Å². The largest absolute Gasteiger partial charge is 0.472 e. The average molecular weight is 997 g/mol. The van der Waals surface area contributed by atoms with E-state index < -0.39 is 20.0 Å². The summed E-state index contributed by atoms with van der Waals surface area (Å²) in [6.07, 6.45) is 65.2. The molecule has 0 aromatic carbocycles. The van der Waals surface area contributed by atoms with Crippen LogP contribution in [0, 0.1) is 0 Å². The van der Waals surface area contributed by atoms with Crippen molar-refractivity contribution in [1.82, 2.24) is 5.32 Å². The molecule has 3 atom stereocenters. The molecular weight excluding hydrogens is 876 g/mol. The van der Waals surface area contributed by atoms with E-state index in [9.17, 15) is 19.4 Å². The van der Waals surface area contributed by atoms with E-state index in [2.05, 4.69) is 43.5 Å². The zero-order valence-electron chi connectivity index (χ0n) is 46.8. The SMILES string of the molecule is CCCCCCCCCCC/C=C\C/C=C\CCCCCCCCCCCCCCCC(=O)NC(COP(=O)(O)OCC[N+](C)(C)C)C(O)CCCCCCCCCCCCCCCCCCCC. The van der Waals surface area contributed by atoms with Gasteiger partial charge in [0, 0.05) is 6.42 Å². The van der Waals surface area contributed by atoms with Crippen molar-refractivity contribution >= 4 is 13.7 Å². The van der Waals surface area contributed by atoms with Crippen LogP contribution in [-0.2, 0) is 18.4 Å². The van der Waals surface area contributed by atoms with Crippen LogP contribution in [0.2, 0.25) is 0 Å². The van der Waals surface area contributed by atoms with E-state index in [1.165, 1.54) is 231 Å². The van der Waals surface area contributed by atoms with E-state index in [0.29, 0.717) is 23.9 Å². The van der Waals surface area contributed by atoms with Gasteiger partial charge in [-0.1, -0.05) is 276 Å². The highest BCUT2D eigenvalue weighted by Crippen LogP contribution is 2.43. The first-order valence-electron chi connectivity index (χ1n) is 30.2. The number of carbonyl (C=O) groups is 1. The number of quaternary nitrogens is 1. The monoisotopic (exact) mass is 996 g/mol. The highest BCUT2D eigenvalue weighted by Gasteiger charge is 2.28. The van der Waals surface area contributed by atoms with Crippen molar-refractivity contribution in [1.29, 1.82) is 0 Å². The zero-order chi connectivity index (χ0) is 50.6. The number of unbranched alkanes of at least 4 members (excludes halogenated alkanes) is 39. The molecular formula is C60H120N2O6P+. The summed E-state index contributed by atoms with van der Waals surface area (Å²) in [6, 6.07) is -0.760. The molecule has 0 spiro atoms. The molecule has 69 heavy (non-hydrogen) atoms. The van der Waals surface area contributed by atoms with Crippen LogP contribution < -0.4 is 5.32 Å². The molecule has 0 aliphatic heterocycles. The summed E-state index contributed by atoms with van der Waals surface area (Å²) in [7, 11) is 1.63. The molecule has 0 radical (unpaired) electrons. The van der Waals surface area contributed by atoms with Gasteiger partial charge in [-0.25, -0.2) is 4.57 Å². The van der Waals surface area contributed by atoms with Crippen LogP contribution in [0.15, 0.2) is 24.3 Å². The van der Waals surface area contributed by atoms with Crippen LogP contribution in [-0.4, -0.2) is 73.4 Å². The predicted octanol–water partition coefficient (Wildman–Crippen LogP) is 18.4. The normalized spacial score (nSPS) is 14.0. The third-order valence-corrected chi connectivity index (χ3v) is 14.9. The van der Waals surface area contributed by atoms with Crippen molar-refractivity contribution in [2.24, 2.45) is 0 Å². The number of phosphoric acid groups is 1. The summed E-state index contributed by atoms with van der Waals surface area (Å²) in [5, 5.41) is 14.1. The summed E-state index contributed by atoms with van der Waals surface area (Å²) in [4.78, 5) is 23.4. The maximum atomic E-state index is 13.0. The number of allylic oxidation sites excluding steroid dienone is 4. The van der Waals surface area contributed by atoms with Gasteiger partial charge in [0.25, 0.3) is 0 Å². The maximum absolute atomic E-state index is 13.0. The minimum atomic E-state index is -4.32. The lowest BCUT2D eigenvalue weighted by Gasteiger charge is -2.26. The second-order valence-electron chi connectivity index (χ2n) is 22.1. The van der Waals surface area contributed by atoms with Gasteiger partial charge in [-0.3, -0.25) is 13.8 Å². The van der Waals surface area contributed by atoms with Crippen LogP contribution in [0.1, 0.15) is 303 Å². The lowest BCUT2D eigenvalue weighted by Crippen LogP contribution is -2.46. The molecule has 0 aliphatic rings. The van der Waals surface area contributed by atoms with E-state index in [0.717, 1.165) is 44.9 Å². The number of phosphoric ester groups is 1. The predicted molar refractivity (Wildman–Crippen MR) is 300 cm³/mol. The Morgan fingerprint density at radius 3 is 1.19 bits per heavy atom. The molecule has 0 bridgehead atoms. The number of rotatable bonds is 56. The summed E-state index contributed by atoms with van der Waals surface area (Å²) < 4.78 is 23.8. The van der Waals surface area contributed by atoms with Crippen molar-refractivity contribution in [2.75, 3.05) is 40.9 Å². The lowest BCUT2D eigenvalue weighted by atomic mass is 10.0. The van der Waals surface area contributed by atoms with Gasteiger partial charge in [0.05, 0.1) is 39.9 Å². The number of nitrogens with zero attached hydrogens (tertiary/aromatic N) is 1. The molecule has 0 saturated carbocycles. The molecule has 0 fully saturated rings. The Kier molecular flexibility index (Phi) is 51.1. The van der Waals surface area contributed by atoms with Crippen molar-refractivity contribution < 1.29 is 32.9 Å². The van der Waals surface area contributed by atoms with Crippen LogP contribution in [0.3, 0.4) is 0 Å². The molecule has 0 rings (SSSR count). The Morgan fingerprint density at radius 2 is 0.826 bits per heavy atom. The van der Waals surface area contributed by atoms with Gasteiger partial charge in [-0.05, 0) is 44.9 Å². The van der Waals surface area contributed by atoms with Gasteiger partial charge < -0.3 is 19.8 Å². The van der Waals surface area contributed by atoms with E-state index in [1.54, 1.807) is 0 Å². The Labute approximate surface area is 430 Å². The molecule has 0 aromatic heterocycles. The van der Waals surface area contributed by atoms with Crippen LogP contribution in [0.25, 0.3) is 0 Å². The molecule has 1 amide bonds. The van der Waals surface area contributed by atoms with E-state index in [1.807, 2.05) is 21.1 Å². The third-order valence-electron chi connectivity index (χ3n) is 14.0. The van der Waals surface area contributed by atoms with Gasteiger partial charge in [-0.15, -0.1) is 0 Å². The molecule has 0 heterocycles. The number of nitrogens with one attached hydrogen (secondary N) is 1. The van der Waals surface area contributed by atoms with Crippen molar-refractivity contribution in [2.45, 2.75) is 315 Å². The fourth-order valence-electron chi connectivity index (χ4n) is 9.20. The first-order valence-corrected chi connectivity index (χ1v) is 31.7. The zero-order valence-corrected chi connectivity index (χ0v) is 47.7. The van der Waals surface area contributed by atoms with Gasteiger partial charge >= 0.3 is 7.82 Å². The van der Waals surface area contributed by atoms with Crippen LogP contribution in [0.4, 0.5) is 0 Å². The number of hydrogen-bond donors (Lipinski definition) is 3. The standard InChI is InChI=1S/C60H119N2O6P/c1-6-8-10-12-14-16-18-20-22-24-26-27-28-29-30-31-32-33-34-35-36-38-40-42-44-46-48-50-52-54-60(64)61-58(57-68-69(65,66)67-56-55-62(3,4)5)59(63)53-51-49-47-45-43-41-39-37-25-23-21-19-17-15-13-11-9-7-2/h26-27,29-30,58-59,63H,6-25,28,31-57H2,1-5H3,(H-,61,64,65,66)/p+1/b27-26-,30-29-. The second-order valence-corrected chi connectivity index (χ2v) is 23.5. The Morgan fingerprint density at radius 1 is 0.493 bits per heavy atom. The van der Waals surface area contributed by atoms with Crippen molar-refractivity contribution in [3.05, 3.63) is 24.3 Å². The summed E-state index contributed by atoms with van der Waals surface area (Å²) >= 11 is 0. The Hall–Kier alpha value is -1.02. The molecule has 3 unspecified atom stereocenters. The quantitative estimate of drug-likeness (QED) is 0.0243. The number of aliphatic hydroxyl groups is 1. The molecule has 3 N–H and O–H groups in total. The minimum Gasteiger partial charge on any atom is -0.391 e. The van der Waals surface area contributed by atoms with Crippen molar-refractivity contribution in [3.63, 3.8) is 0 Å². The van der Waals surface area contributed by atoms with Gasteiger partial charge in [0.15, 0.2) is 0 Å². The maximum Gasteiger partial charge on any atom is 0.472 e. The van der Waals surface area contributed by atoms with E-state index in [-0.39, 0.29) is 19.1 Å². The topological polar surface area (TPSA) is 105 Å². The van der Waals surface area contributed by atoms with Crippen LogP contribution >= 0.6 is 7.82 Å². The van der Waals surface area contributed by atoms with Gasteiger partial charge in [0.1, 0.15) is 13.2 Å². The first-order chi connectivity index (χ1) is 33.5.